The smallest absolute Gasteiger partial charge is 0.131 e. The number of rotatable bonds is 5. The van der Waals surface area contributed by atoms with Crippen molar-refractivity contribution < 1.29 is 4.52 Å². The first-order valence-corrected chi connectivity index (χ1v) is 6.73. The van der Waals surface area contributed by atoms with Crippen LogP contribution in [0.15, 0.2) is 16.9 Å². The summed E-state index contributed by atoms with van der Waals surface area (Å²) in [7, 11) is 3.91. The zero-order valence-corrected chi connectivity index (χ0v) is 12.5. The van der Waals surface area contributed by atoms with Crippen molar-refractivity contribution >= 4 is 11.6 Å². The fourth-order valence-corrected chi connectivity index (χ4v) is 2.30. The van der Waals surface area contributed by atoms with E-state index in [1.165, 1.54) is 0 Å². The first-order chi connectivity index (χ1) is 9.04. The van der Waals surface area contributed by atoms with E-state index < -0.39 is 0 Å². The molecule has 2 rings (SSSR count). The average Bonchev–Trinajstić information content (AvgIpc) is 3.01. The molecule has 0 fully saturated rings. The monoisotopic (exact) mass is 282 g/mol. The second-order valence-electron chi connectivity index (χ2n) is 4.71. The summed E-state index contributed by atoms with van der Waals surface area (Å²) in [5, 5.41) is 9.11. The van der Waals surface area contributed by atoms with Crippen LogP contribution in [-0.2, 0) is 20.0 Å². The Kier molecular flexibility index (Phi) is 4.27. The SMILES string of the molecule is CCc1nn(C)c(Cl)c1CN(C)C(C)c1ccon1. The second-order valence-corrected chi connectivity index (χ2v) is 5.07. The summed E-state index contributed by atoms with van der Waals surface area (Å²) in [4.78, 5) is 2.18. The lowest BCUT2D eigenvalue weighted by atomic mass is 10.1. The molecule has 0 aliphatic carbocycles. The molecular weight excluding hydrogens is 264 g/mol. The summed E-state index contributed by atoms with van der Waals surface area (Å²) >= 11 is 6.31. The Morgan fingerprint density at radius 3 is 2.84 bits per heavy atom. The largest absolute Gasteiger partial charge is 0.364 e. The highest BCUT2D eigenvalue weighted by atomic mass is 35.5. The van der Waals surface area contributed by atoms with Crippen LogP contribution in [0.2, 0.25) is 5.15 Å². The predicted molar refractivity (Wildman–Crippen MR) is 74.0 cm³/mol. The van der Waals surface area contributed by atoms with E-state index in [1.54, 1.807) is 10.9 Å². The number of aromatic nitrogens is 3. The molecule has 0 saturated carbocycles. The fraction of sp³-hybridized carbons (Fsp3) is 0.538. The summed E-state index contributed by atoms with van der Waals surface area (Å²) in [5.74, 6) is 0. The summed E-state index contributed by atoms with van der Waals surface area (Å²) < 4.78 is 6.62. The number of halogens is 1. The molecule has 0 spiro atoms. The maximum Gasteiger partial charge on any atom is 0.131 e. The molecule has 0 N–H and O–H groups in total. The Hall–Kier alpha value is -1.33. The van der Waals surface area contributed by atoms with Gasteiger partial charge in [-0.05, 0) is 20.4 Å². The normalized spacial score (nSPS) is 13.2. The van der Waals surface area contributed by atoms with Crippen molar-refractivity contribution in [2.75, 3.05) is 7.05 Å². The van der Waals surface area contributed by atoms with Crippen LogP contribution < -0.4 is 0 Å². The molecule has 0 saturated heterocycles. The van der Waals surface area contributed by atoms with E-state index in [0.717, 1.165) is 29.9 Å². The van der Waals surface area contributed by atoms with Gasteiger partial charge in [0.1, 0.15) is 17.1 Å². The van der Waals surface area contributed by atoms with E-state index in [9.17, 15) is 0 Å². The molecule has 5 nitrogen and oxygen atoms in total. The number of hydrogen-bond acceptors (Lipinski definition) is 4. The van der Waals surface area contributed by atoms with Crippen molar-refractivity contribution in [3.63, 3.8) is 0 Å². The van der Waals surface area contributed by atoms with E-state index in [4.69, 9.17) is 16.1 Å². The number of hydrogen-bond donors (Lipinski definition) is 0. The van der Waals surface area contributed by atoms with Crippen molar-refractivity contribution in [2.24, 2.45) is 7.05 Å². The van der Waals surface area contributed by atoms with Gasteiger partial charge >= 0.3 is 0 Å². The second kappa shape index (κ2) is 5.75. The summed E-state index contributed by atoms with van der Waals surface area (Å²) in [6.07, 6.45) is 2.47. The summed E-state index contributed by atoms with van der Waals surface area (Å²) in [6.45, 7) is 4.92. The molecule has 0 aliphatic heterocycles. The molecule has 2 aromatic heterocycles. The predicted octanol–water partition coefficient (Wildman–Crippen LogP) is 2.82. The van der Waals surface area contributed by atoms with Crippen LogP contribution in [0.25, 0.3) is 0 Å². The highest BCUT2D eigenvalue weighted by molar-refractivity contribution is 6.30. The third-order valence-corrected chi connectivity index (χ3v) is 3.91. The molecule has 0 amide bonds. The van der Waals surface area contributed by atoms with Gasteiger partial charge in [0.05, 0.1) is 11.7 Å². The quantitative estimate of drug-likeness (QED) is 0.846. The van der Waals surface area contributed by atoms with Gasteiger partial charge in [-0.2, -0.15) is 5.10 Å². The van der Waals surface area contributed by atoms with E-state index in [2.05, 4.69) is 29.0 Å². The Morgan fingerprint density at radius 2 is 2.26 bits per heavy atom. The van der Waals surface area contributed by atoms with Crippen LogP contribution in [-0.4, -0.2) is 26.9 Å². The molecule has 2 heterocycles. The average molecular weight is 283 g/mol. The fourth-order valence-electron chi connectivity index (χ4n) is 2.09. The lowest BCUT2D eigenvalue weighted by molar-refractivity contribution is 0.240. The molecular formula is C13H19ClN4O. The van der Waals surface area contributed by atoms with Crippen molar-refractivity contribution in [1.29, 1.82) is 0 Å². The third-order valence-electron chi connectivity index (χ3n) is 3.44. The minimum Gasteiger partial charge on any atom is -0.364 e. The first-order valence-electron chi connectivity index (χ1n) is 6.35. The van der Waals surface area contributed by atoms with Gasteiger partial charge in [0, 0.05) is 25.2 Å². The van der Waals surface area contributed by atoms with Gasteiger partial charge < -0.3 is 4.52 Å². The molecule has 2 aromatic rings. The molecule has 6 heteroatoms. The van der Waals surface area contributed by atoms with Crippen LogP contribution in [0.3, 0.4) is 0 Å². The molecule has 0 bridgehead atoms. The summed E-state index contributed by atoms with van der Waals surface area (Å²) in [6, 6.07) is 2.05. The third kappa shape index (κ3) is 2.82. The highest BCUT2D eigenvalue weighted by Gasteiger charge is 2.19. The van der Waals surface area contributed by atoms with Crippen molar-refractivity contribution in [3.05, 3.63) is 34.4 Å². The van der Waals surface area contributed by atoms with Gasteiger partial charge in [-0.1, -0.05) is 23.7 Å². The first kappa shape index (κ1) is 14.1. The zero-order valence-electron chi connectivity index (χ0n) is 11.7. The standard InChI is InChI=1S/C13H19ClN4O/c1-5-11-10(13(14)18(4)15-11)8-17(3)9(2)12-6-7-19-16-12/h6-7,9H,5,8H2,1-4H3. The summed E-state index contributed by atoms with van der Waals surface area (Å²) in [5.41, 5.74) is 3.05. The van der Waals surface area contributed by atoms with Gasteiger partial charge in [-0.3, -0.25) is 9.58 Å². The number of nitrogens with zero attached hydrogens (tertiary/aromatic N) is 4. The molecule has 19 heavy (non-hydrogen) atoms. The van der Waals surface area contributed by atoms with Gasteiger partial charge in [-0.15, -0.1) is 0 Å². The van der Waals surface area contributed by atoms with E-state index in [-0.39, 0.29) is 6.04 Å². The lowest BCUT2D eigenvalue weighted by Gasteiger charge is -2.22. The zero-order chi connectivity index (χ0) is 14.0. The molecule has 0 aliphatic rings. The van der Waals surface area contributed by atoms with Crippen LogP contribution in [0.4, 0.5) is 0 Å². The maximum atomic E-state index is 6.31. The van der Waals surface area contributed by atoms with E-state index >= 15 is 0 Å². The van der Waals surface area contributed by atoms with Crippen molar-refractivity contribution in [1.82, 2.24) is 19.8 Å². The van der Waals surface area contributed by atoms with Crippen LogP contribution >= 0.6 is 11.6 Å². The van der Waals surface area contributed by atoms with Crippen LogP contribution in [0.1, 0.15) is 36.8 Å². The maximum absolute atomic E-state index is 6.31. The molecule has 1 atom stereocenters. The Balaban J connectivity index is 2.17. The minimum atomic E-state index is 0.166. The highest BCUT2D eigenvalue weighted by Crippen LogP contribution is 2.25. The number of aryl methyl sites for hydroxylation is 2. The Labute approximate surface area is 118 Å². The minimum absolute atomic E-state index is 0.166. The van der Waals surface area contributed by atoms with Gasteiger partial charge in [0.25, 0.3) is 0 Å². The van der Waals surface area contributed by atoms with Crippen molar-refractivity contribution in [3.8, 4) is 0 Å². The molecule has 104 valence electrons. The topological polar surface area (TPSA) is 47.1 Å². The van der Waals surface area contributed by atoms with Crippen LogP contribution in [0, 0.1) is 0 Å². The Bertz CT molecular complexity index is 535. The lowest BCUT2D eigenvalue weighted by Crippen LogP contribution is -2.22. The van der Waals surface area contributed by atoms with Gasteiger partial charge in [-0.25, -0.2) is 0 Å². The van der Waals surface area contributed by atoms with Crippen molar-refractivity contribution in [2.45, 2.75) is 32.9 Å². The Morgan fingerprint density at radius 1 is 1.53 bits per heavy atom. The van der Waals surface area contributed by atoms with Gasteiger partial charge in [0.2, 0.25) is 0 Å². The molecule has 0 aromatic carbocycles. The molecule has 0 radical (unpaired) electrons. The van der Waals surface area contributed by atoms with Gasteiger partial charge in [0.15, 0.2) is 0 Å². The van der Waals surface area contributed by atoms with E-state index in [1.807, 2.05) is 20.2 Å². The molecule has 1 unspecified atom stereocenters. The van der Waals surface area contributed by atoms with Crippen LogP contribution in [0.5, 0.6) is 0 Å². The van der Waals surface area contributed by atoms with E-state index in [0.29, 0.717) is 5.15 Å².